The zero-order chi connectivity index (χ0) is 12.0. The first kappa shape index (κ1) is 12.6. The molecule has 1 nitrogen and oxygen atoms in total. The van der Waals surface area contributed by atoms with E-state index in [1.807, 2.05) is 6.07 Å². The van der Waals surface area contributed by atoms with Crippen LogP contribution in [0.25, 0.3) is 0 Å². The van der Waals surface area contributed by atoms with E-state index in [1.54, 1.807) is 0 Å². The third-order valence-electron chi connectivity index (χ3n) is 3.66. The molecule has 0 aromatic heterocycles. The van der Waals surface area contributed by atoms with Gasteiger partial charge in [-0.1, -0.05) is 30.3 Å². The van der Waals surface area contributed by atoms with Crippen LogP contribution in [0.2, 0.25) is 0 Å². The van der Waals surface area contributed by atoms with Gasteiger partial charge in [-0.3, -0.25) is 0 Å². The van der Waals surface area contributed by atoms with Crippen molar-refractivity contribution in [3.05, 3.63) is 35.9 Å². The lowest BCUT2D eigenvalue weighted by Crippen LogP contribution is -2.24. The molecule has 1 aromatic rings. The third-order valence-corrected chi connectivity index (χ3v) is 3.66. The van der Waals surface area contributed by atoms with Gasteiger partial charge < -0.3 is 5.32 Å². The van der Waals surface area contributed by atoms with Crippen LogP contribution in [0.5, 0.6) is 0 Å². The highest BCUT2D eigenvalue weighted by molar-refractivity contribution is 5.14. The molecule has 0 saturated carbocycles. The van der Waals surface area contributed by atoms with Crippen LogP contribution < -0.4 is 5.32 Å². The van der Waals surface area contributed by atoms with Crippen LogP contribution in [0, 0.1) is 0 Å². The van der Waals surface area contributed by atoms with Gasteiger partial charge in [0.2, 0.25) is 0 Å². The average Bonchev–Trinajstić information content (AvgIpc) is 2.56. The van der Waals surface area contributed by atoms with Gasteiger partial charge in [-0.2, -0.15) is 0 Å². The summed E-state index contributed by atoms with van der Waals surface area (Å²) in [6, 6.07) is 10.4. The Bertz CT molecular complexity index is 315. The first-order chi connectivity index (χ1) is 8.29. The number of aryl methyl sites for hydroxylation is 1. The van der Waals surface area contributed by atoms with Crippen molar-refractivity contribution in [2.75, 3.05) is 13.1 Å². The van der Waals surface area contributed by atoms with Gasteiger partial charge >= 0.3 is 0 Å². The molecule has 1 fully saturated rings. The number of alkyl halides is 1. The van der Waals surface area contributed by atoms with Crippen molar-refractivity contribution < 1.29 is 4.39 Å². The molecule has 0 aliphatic carbocycles. The van der Waals surface area contributed by atoms with E-state index < -0.39 is 5.67 Å². The summed E-state index contributed by atoms with van der Waals surface area (Å²) in [4.78, 5) is 0. The number of nitrogens with one attached hydrogen (secondary N) is 1. The SMILES string of the molecule is FC1(CCCc2ccccc2)CCCNCC1. The second-order valence-corrected chi connectivity index (χ2v) is 5.09. The summed E-state index contributed by atoms with van der Waals surface area (Å²) in [5, 5.41) is 3.27. The fraction of sp³-hybridized carbons (Fsp3) is 0.600. The van der Waals surface area contributed by atoms with E-state index in [1.165, 1.54) is 5.56 Å². The lowest BCUT2D eigenvalue weighted by Gasteiger charge is -2.23. The van der Waals surface area contributed by atoms with Gasteiger partial charge in [-0.05, 0) is 57.2 Å². The first-order valence-electron chi connectivity index (χ1n) is 6.72. The smallest absolute Gasteiger partial charge is 0.112 e. The van der Waals surface area contributed by atoms with E-state index in [4.69, 9.17) is 0 Å². The van der Waals surface area contributed by atoms with Crippen molar-refractivity contribution in [3.63, 3.8) is 0 Å². The van der Waals surface area contributed by atoms with Crippen molar-refractivity contribution in [1.29, 1.82) is 0 Å². The van der Waals surface area contributed by atoms with Gasteiger partial charge in [0.15, 0.2) is 0 Å². The quantitative estimate of drug-likeness (QED) is 0.842. The van der Waals surface area contributed by atoms with E-state index in [9.17, 15) is 4.39 Å². The Kier molecular flexibility index (Phi) is 4.55. The Morgan fingerprint density at radius 2 is 1.94 bits per heavy atom. The molecule has 1 saturated heterocycles. The second-order valence-electron chi connectivity index (χ2n) is 5.09. The van der Waals surface area contributed by atoms with Crippen molar-refractivity contribution in [2.45, 2.75) is 44.2 Å². The zero-order valence-corrected chi connectivity index (χ0v) is 10.4. The number of benzene rings is 1. The highest BCUT2D eigenvalue weighted by atomic mass is 19.1. The van der Waals surface area contributed by atoms with Gasteiger partial charge in [0, 0.05) is 0 Å². The second kappa shape index (κ2) is 6.15. The Hall–Kier alpha value is -0.890. The molecule has 0 amide bonds. The van der Waals surface area contributed by atoms with Crippen LogP contribution in [0.15, 0.2) is 30.3 Å². The monoisotopic (exact) mass is 235 g/mol. The number of hydrogen-bond acceptors (Lipinski definition) is 1. The molecule has 1 aromatic carbocycles. The summed E-state index contributed by atoms with van der Waals surface area (Å²) in [6.45, 7) is 1.81. The van der Waals surface area contributed by atoms with Crippen LogP contribution in [0.3, 0.4) is 0 Å². The molecule has 1 aliphatic heterocycles. The van der Waals surface area contributed by atoms with Crippen LogP contribution in [0.1, 0.15) is 37.7 Å². The van der Waals surface area contributed by atoms with Gasteiger partial charge in [0.05, 0.1) is 0 Å². The van der Waals surface area contributed by atoms with E-state index in [0.717, 1.165) is 38.8 Å². The van der Waals surface area contributed by atoms with E-state index >= 15 is 0 Å². The van der Waals surface area contributed by atoms with E-state index in [2.05, 4.69) is 29.6 Å². The number of halogens is 1. The Morgan fingerprint density at radius 3 is 2.76 bits per heavy atom. The molecule has 2 rings (SSSR count). The van der Waals surface area contributed by atoms with E-state index in [-0.39, 0.29) is 0 Å². The molecule has 1 heterocycles. The van der Waals surface area contributed by atoms with Crippen molar-refractivity contribution in [3.8, 4) is 0 Å². The highest BCUT2D eigenvalue weighted by Gasteiger charge is 2.29. The maximum absolute atomic E-state index is 14.5. The molecule has 0 radical (unpaired) electrons. The number of hydrogen-bond donors (Lipinski definition) is 1. The predicted molar refractivity (Wildman–Crippen MR) is 69.9 cm³/mol. The van der Waals surface area contributed by atoms with E-state index in [0.29, 0.717) is 12.8 Å². The maximum atomic E-state index is 14.5. The summed E-state index contributed by atoms with van der Waals surface area (Å²) in [6.07, 6.45) is 5.06. The molecule has 17 heavy (non-hydrogen) atoms. The van der Waals surface area contributed by atoms with Crippen molar-refractivity contribution >= 4 is 0 Å². The maximum Gasteiger partial charge on any atom is 0.112 e. The largest absolute Gasteiger partial charge is 0.317 e. The van der Waals surface area contributed by atoms with Crippen molar-refractivity contribution in [1.82, 2.24) is 5.32 Å². The normalized spacial score (nSPS) is 25.5. The summed E-state index contributed by atoms with van der Waals surface area (Å²) >= 11 is 0. The average molecular weight is 235 g/mol. The predicted octanol–water partition coefficient (Wildman–Crippen LogP) is 3.49. The minimum Gasteiger partial charge on any atom is -0.317 e. The zero-order valence-electron chi connectivity index (χ0n) is 10.4. The molecular formula is C15H22FN. The Labute approximate surface area is 103 Å². The molecule has 1 unspecified atom stereocenters. The highest BCUT2D eigenvalue weighted by Crippen LogP contribution is 2.29. The Balaban J connectivity index is 1.77. The first-order valence-corrected chi connectivity index (χ1v) is 6.72. The summed E-state index contributed by atoms with van der Waals surface area (Å²) in [7, 11) is 0. The molecular weight excluding hydrogens is 213 g/mol. The minimum absolute atomic E-state index is 0.682. The molecule has 1 N–H and O–H groups in total. The van der Waals surface area contributed by atoms with Gasteiger partial charge in [0.25, 0.3) is 0 Å². The Morgan fingerprint density at radius 1 is 1.12 bits per heavy atom. The molecule has 0 bridgehead atoms. The van der Waals surface area contributed by atoms with Crippen molar-refractivity contribution in [2.24, 2.45) is 0 Å². The third kappa shape index (κ3) is 4.12. The van der Waals surface area contributed by atoms with Crippen LogP contribution >= 0.6 is 0 Å². The fourth-order valence-electron chi connectivity index (χ4n) is 2.60. The molecule has 94 valence electrons. The van der Waals surface area contributed by atoms with Gasteiger partial charge in [0.1, 0.15) is 5.67 Å². The van der Waals surface area contributed by atoms with Crippen LogP contribution in [-0.4, -0.2) is 18.8 Å². The van der Waals surface area contributed by atoms with Gasteiger partial charge in [-0.25, -0.2) is 4.39 Å². The standard InChI is InChI=1S/C15H22FN/c16-15(10-5-12-17-13-11-15)9-4-8-14-6-2-1-3-7-14/h1-3,6-7,17H,4-5,8-13H2. The fourth-order valence-corrected chi connectivity index (χ4v) is 2.60. The minimum atomic E-state index is -0.918. The lowest BCUT2D eigenvalue weighted by molar-refractivity contribution is 0.129. The molecule has 2 heteroatoms. The van der Waals surface area contributed by atoms with Gasteiger partial charge in [-0.15, -0.1) is 0 Å². The summed E-state index contributed by atoms with van der Waals surface area (Å²) in [5.74, 6) is 0. The van der Waals surface area contributed by atoms with Crippen LogP contribution in [-0.2, 0) is 6.42 Å². The summed E-state index contributed by atoms with van der Waals surface area (Å²) in [5.41, 5.74) is 0.404. The lowest BCUT2D eigenvalue weighted by atomic mass is 9.90. The molecule has 1 atom stereocenters. The number of rotatable bonds is 4. The van der Waals surface area contributed by atoms with Crippen LogP contribution in [0.4, 0.5) is 4.39 Å². The summed E-state index contributed by atoms with van der Waals surface area (Å²) < 4.78 is 14.5. The molecule has 1 aliphatic rings. The molecule has 0 spiro atoms. The topological polar surface area (TPSA) is 12.0 Å².